The van der Waals surface area contributed by atoms with Crippen molar-refractivity contribution in [2.45, 2.75) is 26.2 Å². The van der Waals surface area contributed by atoms with Crippen molar-refractivity contribution < 1.29 is 9.59 Å². The number of hydrogen-bond donors (Lipinski definition) is 1. The number of hydrogen-bond acceptors (Lipinski definition) is 3. The van der Waals surface area contributed by atoms with Crippen molar-refractivity contribution in [3.8, 4) is 0 Å². The first-order valence-electron chi connectivity index (χ1n) is 5.60. The lowest BCUT2D eigenvalue weighted by Crippen LogP contribution is -2.05. The van der Waals surface area contributed by atoms with Gasteiger partial charge in [-0.3, -0.25) is 9.59 Å². The van der Waals surface area contributed by atoms with Crippen LogP contribution in [0.3, 0.4) is 0 Å². The number of carbonyl (C=O) groups is 2. The molecular formula is C13H17NO2. The van der Waals surface area contributed by atoms with Crippen molar-refractivity contribution >= 4 is 18.3 Å². The summed E-state index contributed by atoms with van der Waals surface area (Å²) in [5.41, 5.74) is 1.64. The van der Waals surface area contributed by atoms with Crippen molar-refractivity contribution in [1.29, 1.82) is 0 Å². The molecule has 16 heavy (non-hydrogen) atoms. The Hall–Kier alpha value is -1.64. The Morgan fingerprint density at radius 3 is 2.62 bits per heavy atom. The van der Waals surface area contributed by atoms with Gasteiger partial charge in [0.1, 0.15) is 0 Å². The summed E-state index contributed by atoms with van der Waals surface area (Å²) in [6, 6.07) is 5.25. The van der Waals surface area contributed by atoms with Gasteiger partial charge in [0.25, 0.3) is 0 Å². The Bertz CT molecular complexity index is 361. The van der Waals surface area contributed by atoms with Gasteiger partial charge < -0.3 is 5.32 Å². The van der Waals surface area contributed by atoms with Gasteiger partial charge in [0.05, 0.1) is 0 Å². The molecule has 1 aromatic rings. The SMILES string of the molecule is CCCCCNc1cccc(C=O)c1C=O. The van der Waals surface area contributed by atoms with Gasteiger partial charge in [0, 0.05) is 23.4 Å². The highest BCUT2D eigenvalue weighted by Crippen LogP contribution is 2.16. The molecule has 0 bridgehead atoms. The number of anilines is 1. The first-order valence-corrected chi connectivity index (χ1v) is 5.60. The van der Waals surface area contributed by atoms with Crippen molar-refractivity contribution in [3.05, 3.63) is 29.3 Å². The van der Waals surface area contributed by atoms with Crippen LogP contribution in [0, 0.1) is 0 Å². The highest BCUT2D eigenvalue weighted by molar-refractivity contribution is 5.95. The van der Waals surface area contributed by atoms with Gasteiger partial charge in [-0.15, -0.1) is 0 Å². The number of nitrogens with one attached hydrogen (secondary N) is 1. The second-order valence-corrected chi connectivity index (χ2v) is 3.68. The molecule has 3 heteroatoms. The first kappa shape index (κ1) is 12.4. The maximum absolute atomic E-state index is 10.9. The maximum Gasteiger partial charge on any atom is 0.152 e. The third kappa shape index (κ3) is 3.19. The molecule has 3 nitrogen and oxygen atoms in total. The molecule has 1 N–H and O–H groups in total. The number of benzene rings is 1. The van der Waals surface area contributed by atoms with E-state index in [1.165, 1.54) is 0 Å². The summed E-state index contributed by atoms with van der Waals surface area (Å²) in [5.74, 6) is 0. The van der Waals surface area contributed by atoms with E-state index < -0.39 is 0 Å². The van der Waals surface area contributed by atoms with E-state index in [4.69, 9.17) is 0 Å². The smallest absolute Gasteiger partial charge is 0.152 e. The molecule has 0 spiro atoms. The van der Waals surface area contributed by atoms with Crippen LogP contribution in [0.4, 0.5) is 5.69 Å². The number of unbranched alkanes of at least 4 members (excludes halogenated alkanes) is 2. The molecule has 0 aliphatic rings. The van der Waals surface area contributed by atoms with E-state index in [2.05, 4.69) is 12.2 Å². The predicted molar refractivity (Wildman–Crippen MR) is 65.2 cm³/mol. The number of aldehydes is 2. The molecule has 0 radical (unpaired) electrons. The van der Waals surface area contributed by atoms with Crippen LogP contribution in [0.5, 0.6) is 0 Å². The molecule has 0 fully saturated rings. The normalized spacial score (nSPS) is 9.81. The summed E-state index contributed by atoms with van der Waals surface area (Å²) >= 11 is 0. The van der Waals surface area contributed by atoms with Crippen LogP contribution in [-0.4, -0.2) is 19.1 Å². The largest absolute Gasteiger partial charge is 0.384 e. The van der Waals surface area contributed by atoms with Crippen LogP contribution < -0.4 is 5.32 Å². The highest BCUT2D eigenvalue weighted by atomic mass is 16.1. The van der Waals surface area contributed by atoms with Crippen LogP contribution in [0.1, 0.15) is 46.9 Å². The molecule has 0 saturated heterocycles. The molecular weight excluding hydrogens is 202 g/mol. The van der Waals surface area contributed by atoms with Crippen LogP contribution in [0.2, 0.25) is 0 Å². The summed E-state index contributed by atoms with van der Waals surface area (Å²) in [6.07, 6.45) is 4.83. The standard InChI is InChI=1S/C13H17NO2/c1-2-3-4-8-14-13-7-5-6-11(9-15)12(13)10-16/h5-7,9-10,14H,2-4,8H2,1H3. The Balaban J connectivity index is 2.71. The first-order chi connectivity index (χ1) is 7.83. The third-order valence-corrected chi connectivity index (χ3v) is 2.48. The van der Waals surface area contributed by atoms with E-state index in [-0.39, 0.29) is 0 Å². The fraction of sp³-hybridized carbons (Fsp3) is 0.385. The topological polar surface area (TPSA) is 46.2 Å². The molecule has 0 aliphatic heterocycles. The molecule has 0 saturated carbocycles. The monoisotopic (exact) mass is 219 g/mol. The van der Waals surface area contributed by atoms with Gasteiger partial charge in [-0.1, -0.05) is 31.9 Å². The average molecular weight is 219 g/mol. The third-order valence-electron chi connectivity index (χ3n) is 2.48. The summed E-state index contributed by atoms with van der Waals surface area (Å²) in [4.78, 5) is 21.6. The van der Waals surface area contributed by atoms with Gasteiger partial charge in [-0.25, -0.2) is 0 Å². The zero-order chi connectivity index (χ0) is 11.8. The lowest BCUT2D eigenvalue weighted by atomic mass is 10.1. The zero-order valence-corrected chi connectivity index (χ0v) is 9.53. The van der Waals surface area contributed by atoms with E-state index in [1.807, 2.05) is 6.07 Å². The number of rotatable bonds is 7. The molecule has 0 heterocycles. The van der Waals surface area contributed by atoms with Crippen molar-refractivity contribution in [3.63, 3.8) is 0 Å². The minimum Gasteiger partial charge on any atom is -0.384 e. The Labute approximate surface area is 95.9 Å². The van der Waals surface area contributed by atoms with Gasteiger partial charge in [0.2, 0.25) is 0 Å². The lowest BCUT2D eigenvalue weighted by Gasteiger charge is -2.09. The fourth-order valence-corrected chi connectivity index (χ4v) is 1.57. The fourth-order valence-electron chi connectivity index (χ4n) is 1.57. The van der Waals surface area contributed by atoms with Crippen LogP contribution >= 0.6 is 0 Å². The van der Waals surface area contributed by atoms with E-state index >= 15 is 0 Å². The van der Waals surface area contributed by atoms with E-state index in [0.717, 1.165) is 37.8 Å². The van der Waals surface area contributed by atoms with Crippen LogP contribution in [0.25, 0.3) is 0 Å². The van der Waals surface area contributed by atoms with Gasteiger partial charge in [0.15, 0.2) is 12.6 Å². The quantitative estimate of drug-likeness (QED) is 0.566. The molecule has 0 unspecified atom stereocenters. The Kier molecular flexibility index (Phi) is 5.26. The molecule has 1 aromatic carbocycles. The molecule has 86 valence electrons. The Morgan fingerprint density at radius 1 is 1.19 bits per heavy atom. The summed E-state index contributed by atoms with van der Waals surface area (Å²) < 4.78 is 0. The molecule has 1 rings (SSSR count). The van der Waals surface area contributed by atoms with Gasteiger partial charge >= 0.3 is 0 Å². The highest BCUT2D eigenvalue weighted by Gasteiger charge is 2.05. The van der Waals surface area contributed by atoms with Crippen molar-refractivity contribution in [1.82, 2.24) is 0 Å². The molecule has 0 aliphatic carbocycles. The van der Waals surface area contributed by atoms with Crippen LogP contribution in [0.15, 0.2) is 18.2 Å². The molecule has 0 atom stereocenters. The summed E-state index contributed by atoms with van der Waals surface area (Å²) in [6.45, 7) is 2.97. The van der Waals surface area contributed by atoms with Gasteiger partial charge in [-0.2, -0.15) is 0 Å². The Morgan fingerprint density at radius 2 is 2.00 bits per heavy atom. The van der Waals surface area contributed by atoms with Crippen LogP contribution in [-0.2, 0) is 0 Å². The predicted octanol–water partition coefficient (Wildman–Crippen LogP) is 2.91. The summed E-state index contributed by atoms with van der Waals surface area (Å²) in [7, 11) is 0. The number of carbonyl (C=O) groups excluding carboxylic acids is 2. The van der Waals surface area contributed by atoms with Gasteiger partial charge in [-0.05, 0) is 12.5 Å². The van der Waals surface area contributed by atoms with E-state index in [0.29, 0.717) is 17.4 Å². The van der Waals surface area contributed by atoms with E-state index in [9.17, 15) is 9.59 Å². The maximum atomic E-state index is 10.9. The van der Waals surface area contributed by atoms with E-state index in [1.54, 1.807) is 12.1 Å². The zero-order valence-electron chi connectivity index (χ0n) is 9.53. The minimum atomic E-state index is 0.440. The summed E-state index contributed by atoms with van der Waals surface area (Å²) in [5, 5.41) is 3.18. The lowest BCUT2D eigenvalue weighted by molar-refractivity contribution is 0.109. The molecule has 0 amide bonds. The van der Waals surface area contributed by atoms with Crippen molar-refractivity contribution in [2.75, 3.05) is 11.9 Å². The average Bonchev–Trinajstić information content (AvgIpc) is 2.34. The second kappa shape index (κ2) is 6.77. The second-order valence-electron chi connectivity index (χ2n) is 3.68. The molecule has 0 aromatic heterocycles. The van der Waals surface area contributed by atoms with Crippen molar-refractivity contribution in [2.24, 2.45) is 0 Å². The minimum absolute atomic E-state index is 0.440.